The molecule has 5 rings (SSSR count). The maximum atomic E-state index is 12.7. The molecule has 0 saturated heterocycles. The SMILES string of the molecule is O=C(NCCc1ccc(Cl)cc1Cl)c1ccc(CN2CCn3cccc3C2c2ccc([N+](=O)[O-])cc2)o1. The molecule has 190 valence electrons. The second-order valence-corrected chi connectivity index (χ2v) is 9.70. The number of nitro benzene ring substituents is 1. The summed E-state index contributed by atoms with van der Waals surface area (Å²) in [5.41, 5.74) is 3.02. The fraction of sp³-hybridized carbons (Fsp3) is 0.222. The third-order valence-electron chi connectivity index (χ3n) is 6.50. The Labute approximate surface area is 223 Å². The molecule has 1 N–H and O–H groups in total. The molecular formula is C27H24Cl2N4O4. The Kier molecular flexibility index (Phi) is 7.32. The number of carbonyl (C=O) groups excluding carboxylic acids is 1. The van der Waals surface area contributed by atoms with Crippen LogP contribution in [-0.4, -0.2) is 33.4 Å². The first kappa shape index (κ1) is 25.1. The molecule has 1 aliphatic rings. The van der Waals surface area contributed by atoms with Crippen molar-refractivity contribution in [2.75, 3.05) is 13.1 Å². The van der Waals surface area contributed by atoms with Crippen LogP contribution in [0.25, 0.3) is 0 Å². The van der Waals surface area contributed by atoms with Gasteiger partial charge in [-0.25, -0.2) is 0 Å². The summed E-state index contributed by atoms with van der Waals surface area (Å²) in [6.07, 6.45) is 2.61. The Morgan fingerprint density at radius 3 is 2.65 bits per heavy atom. The van der Waals surface area contributed by atoms with Gasteiger partial charge in [0.2, 0.25) is 0 Å². The molecule has 2 aromatic heterocycles. The second-order valence-electron chi connectivity index (χ2n) is 8.86. The highest BCUT2D eigenvalue weighted by atomic mass is 35.5. The summed E-state index contributed by atoms with van der Waals surface area (Å²) in [7, 11) is 0. The Morgan fingerprint density at radius 2 is 1.89 bits per heavy atom. The third-order valence-corrected chi connectivity index (χ3v) is 7.08. The topological polar surface area (TPSA) is 93.5 Å². The molecule has 0 radical (unpaired) electrons. The van der Waals surface area contributed by atoms with Gasteiger partial charge in [-0.15, -0.1) is 0 Å². The number of amides is 1. The lowest BCUT2D eigenvalue weighted by atomic mass is 9.99. The highest BCUT2D eigenvalue weighted by molar-refractivity contribution is 6.35. The minimum Gasteiger partial charge on any atom is -0.455 e. The summed E-state index contributed by atoms with van der Waals surface area (Å²) in [5.74, 6) is 0.609. The van der Waals surface area contributed by atoms with Gasteiger partial charge in [-0.2, -0.15) is 0 Å². The fourth-order valence-electron chi connectivity index (χ4n) is 4.67. The van der Waals surface area contributed by atoms with E-state index in [1.807, 2.05) is 24.4 Å². The van der Waals surface area contributed by atoms with Gasteiger partial charge in [0.05, 0.1) is 17.5 Å². The van der Waals surface area contributed by atoms with E-state index < -0.39 is 4.92 Å². The van der Waals surface area contributed by atoms with E-state index >= 15 is 0 Å². The van der Waals surface area contributed by atoms with Crippen LogP contribution < -0.4 is 5.32 Å². The Hall–Kier alpha value is -3.59. The lowest BCUT2D eigenvalue weighted by molar-refractivity contribution is -0.384. The van der Waals surface area contributed by atoms with Gasteiger partial charge in [0.15, 0.2) is 5.76 Å². The number of furan rings is 1. The summed E-state index contributed by atoms with van der Waals surface area (Å²) in [5, 5.41) is 15.1. The van der Waals surface area contributed by atoms with Gasteiger partial charge in [-0.05, 0) is 53.9 Å². The van der Waals surface area contributed by atoms with Crippen LogP contribution in [0, 0.1) is 10.1 Å². The molecule has 1 amide bonds. The standard InChI is InChI=1S/C27H24Cl2N4O4/c28-20-6-3-18(23(29)16-20)11-12-30-27(34)25-10-9-22(37-25)17-32-15-14-31-13-1-2-24(31)26(32)19-4-7-21(8-5-19)33(35)36/h1-10,13,16,26H,11-12,14-15,17H2,(H,30,34). The molecule has 0 saturated carbocycles. The van der Waals surface area contributed by atoms with E-state index in [0.29, 0.717) is 35.3 Å². The van der Waals surface area contributed by atoms with Gasteiger partial charge < -0.3 is 14.3 Å². The molecule has 0 spiro atoms. The average molecular weight is 539 g/mol. The molecule has 4 aromatic rings. The maximum Gasteiger partial charge on any atom is 0.287 e. The van der Waals surface area contributed by atoms with E-state index in [4.69, 9.17) is 27.6 Å². The van der Waals surface area contributed by atoms with Gasteiger partial charge in [-0.3, -0.25) is 19.8 Å². The summed E-state index contributed by atoms with van der Waals surface area (Å²) in [4.78, 5) is 25.6. The average Bonchev–Trinajstić information content (AvgIpc) is 3.55. The van der Waals surface area contributed by atoms with Gasteiger partial charge >= 0.3 is 0 Å². The van der Waals surface area contributed by atoms with Crippen LogP contribution in [0.1, 0.15) is 39.2 Å². The minimum absolute atomic E-state index is 0.0570. The number of fused-ring (bicyclic) bond motifs is 1. The van der Waals surface area contributed by atoms with Gasteiger partial charge in [0, 0.05) is 53.7 Å². The number of nitrogens with zero attached hydrogens (tertiary/aromatic N) is 3. The number of rotatable bonds is 8. The van der Waals surface area contributed by atoms with Crippen molar-refractivity contribution in [2.45, 2.75) is 25.6 Å². The second kappa shape index (κ2) is 10.8. The molecule has 37 heavy (non-hydrogen) atoms. The zero-order valence-electron chi connectivity index (χ0n) is 19.8. The molecule has 1 atom stereocenters. The predicted octanol–water partition coefficient (Wildman–Crippen LogP) is 5.87. The van der Waals surface area contributed by atoms with Crippen LogP contribution in [0.3, 0.4) is 0 Å². The Morgan fingerprint density at radius 1 is 1.08 bits per heavy atom. The first-order chi connectivity index (χ1) is 17.9. The van der Waals surface area contributed by atoms with Gasteiger partial charge in [-0.1, -0.05) is 41.4 Å². The molecule has 10 heteroatoms. The largest absolute Gasteiger partial charge is 0.455 e. The molecular weight excluding hydrogens is 515 g/mol. The molecule has 3 heterocycles. The fourth-order valence-corrected chi connectivity index (χ4v) is 5.17. The highest BCUT2D eigenvalue weighted by Gasteiger charge is 2.30. The number of carbonyl (C=O) groups is 1. The smallest absolute Gasteiger partial charge is 0.287 e. The summed E-state index contributed by atoms with van der Waals surface area (Å²) in [6, 6.07) is 19.4. The van der Waals surface area contributed by atoms with Crippen molar-refractivity contribution in [3.05, 3.63) is 121 Å². The van der Waals surface area contributed by atoms with E-state index in [2.05, 4.69) is 20.9 Å². The number of benzene rings is 2. The van der Waals surface area contributed by atoms with Crippen molar-refractivity contribution in [3.8, 4) is 0 Å². The number of non-ortho nitro benzene ring substituents is 1. The molecule has 2 aromatic carbocycles. The molecule has 0 aliphatic carbocycles. The zero-order valence-corrected chi connectivity index (χ0v) is 21.3. The maximum absolute atomic E-state index is 12.7. The Balaban J connectivity index is 1.26. The number of nitrogens with one attached hydrogen (secondary N) is 1. The first-order valence-corrected chi connectivity index (χ1v) is 12.6. The van der Waals surface area contributed by atoms with E-state index in [1.165, 1.54) is 12.1 Å². The van der Waals surface area contributed by atoms with Crippen molar-refractivity contribution in [2.24, 2.45) is 0 Å². The van der Waals surface area contributed by atoms with Crippen LogP contribution in [0.4, 0.5) is 5.69 Å². The van der Waals surface area contributed by atoms with Gasteiger partial charge in [0.1, 0.15) is 5.76 Å². The van der Waals surface area contributed by atoms with Crippen molar-refractivity contribution in [1.82, 2.24) is 14.8 Å². The zero-order chi connectivity index (χ0) is 25.9. The van der Waals surface area contributed by atoms with E-state index in [9.17, 15) is 14.9 Å². The van der Waals surface area contributed by atoms with E-state index in [-0.39, 0.29) is 23.4 Å². The predicted molar refractivity (Wildman–Crippen MR) is 141 cm³/mol. The minimum atomic E-state index is -0.398. The highest BCUT2D eigenvalue weighted by Crippen LogP contribution is 2.34. The van der Waals surface area contributed by atoms with Crippen LogP contribution in [0.2, 0.25) is 10.0 Å². The van der Waals surface area contributed by atoms with Crippen molar-refractivity contribution in [3.63, 3.8) is 0 Å². The lowest BCUT2D eigenvalue weighted by Gasteiger charge is -2.36. The van der Waals surface area contributed by atoms with Crippen LogP contribution >= 0.6 is 23.2 Å². The molecule has 0 fully saturated rings. The summed E-state index contributed by atoms with van der Waals surface area (Å²) < 4.78 is 8.09. The molecule has 1 unspecified atom stereocenters. The van der Waals surface area contributed by atoms with Crippen LogP contribution in [0.5, 0.6) is 0 Å². The third kappa shape index (κ3) is 5.56. The van der Waals surface area contributed by atoms with Crippen molar-refractivity contribution in [1.29, 1.82) is 0 Å². The quantitative estimate of drug-likeness (QED) is 0.223. The number of hydrogen-bond donors (Lipinski definition) is 1. The number of nitro groups is 1. The summed E-state index contributed by atoms with van der Waals surface area (Å²) >= 11 is 12.1. The first-order valence-electron chi connectivity index (χ1n) is 11.8. The van der Waals surface area contributed by atoms with Crippen molar-refractivity contribution < 1.29 is 14.1 Å². The van der Waals surface area contributed by atoms with Crippen molar-refractivity contribution >= 4 is 34.8 Å². The Bertz CT molecular complexity index is 1430. The monoisotopic (exact) mass is 538 g/mol. The number of halogens is 2. The lowest BCUT2D eigenvalue weighted by Crippen LogP contribution is -2.37. The molecule has 1 aliphatic heterocycles. The van der Waals surface area contributed by atoms with Gasteiger partial charge in [0.25, 0.3) is 11.6 Å². The number of hydrogen-bond acceptors (Lipinski definition) is 5. The van der Waals surface area contributed by atoms with Crippen LogP contribution in [0.15, 0.2) is 77.3 Å². The van der Waals surface area contributed by atoms with Crippen LogP contribution in [-0.2, 0) is 19.5 Å². The van der Waals surface area contributed by atoms with E-state index in [1.54, 1.807) is 30.3 Å². The number of aromatic nitrogens is 1. The molecule has 0 bridgehead atoms. The molecule has 8 nitrogen and oxygen atoms in total. The summed E-state index contributed by atoms with van der Waals surface area (Å²) in [6.45, 7) is 2.46. The van der Waals surface area contributed by atoms with E-state index in [0.717, 1.165) is 29.9 Å². The normalized spacial score (nSPS) is 15.4.